The SMILES string of the molecule is CC1=NN(c2ccccc2)C(=O)[C@@]12[C@@H]([N+](=O)[O-])[C@@H]2C. The van der Waals surface area contributed by atoms with Crippen LogP contribution < -0.4 is 5.01 Å². The maximum Gasteiger partial charge on any atom is 0.266 e. The van der Waals surface area contributed by atoms with Crippen molar-refractivity contribution in [3.63, 3.8) is 0 Å². The van der Waals surface area contributed by atoms with Crippen molar-refractivity contribution in [2.75, 3.05) is 5.01 Å². The zero-order valence-electron chi connectivity index (χ0n) is 10.6. The van der Waals surface area contributed by atoms with Gasteiger partial charge in [-0.2, -0.15) is 10.1 Å². The molecule has 1 spiro atoms. The van der Waals surface area contributed by atoms with E-state index in [-0.39, 0.29) is 16.7 Å². The molecule has 0 bridgehead atoms. The second-order valence-corrected chi connectivity index (χ2v) is 5.03. The summed E-state index contributed by atoms with van der Waals surface area (Å²) in [5, 5.41) is 16.6. The van der Waals surface area contributed by atoms with Gasteiger partial charge in [-0.15, -0.1) is 0 Å². The van der Waals surface area contributed by atoms with E-state index in [0.717, 1.165) is 0 Å². The molecule has 1 aliphatic heterocycles. The third-order valence-corrected chi connectivity index (χ3v) is 4.17. The lowest BCUT2D eigenvalue weighted by molar-refractivity contribution is -0.501. The number of nitro groups is 1. The Morgan fingerprint density at radius 3 is 2.53 bits per heavy atom. The molecule has 0 radical (unpaired) electrons. The monoisotopic (exact) mass is 259 g/mol. The number of rotatable bonds is 2. The van der Waals surface area contributed by atoms with Crippen LogP contribution >= 0.6 is 0 Å². The Kier molecular flexibility index (Phi) is 2.26. The number of para-hydroxylation sites is 1. The van der Waals surface area contributed by atoms with Gasteiger partial charge < -0.3 is 0 Å². The van der Waals surface area contributed by atoms with Crippen LogP contribution in [-0.2, 0) is 4.79 Å². The summed E-state index contributed by atoms with van der Waals surface area (Å²) in [6.07, 6.45) is 0. The Bertz CT molecular complexity index is 598. The molecule has 0 aromatic heterocycles. The Morgan fingerprint density at radius 2 is 2.00 bits per heavy atom. The van der Waals surface area contributed by atoms with Crippen molar-refractivity contribution in [1.82, 2.24) is 0 Å². The molecular formula is C13H13N3O3. The molecule has 1 aromatic rings. The van der Waals surface area contributed by atoms with Gasteiger partial charge in [-0.1, -0.05) is 25.1 Å². The highest BCUT2D eigenvalue weighted by Crippen LogP contribution is 2.59. The normalized spacial score (nSPS) is 32.6. The van der Waals surface area contributed by atoms with Crippen molar-refractivity contribution in [3.05, 3.63) is 40.4 Å². The van der Waals surface area contributed by atoms with E-state index in [9.17, 15) is 14.9 Å². The van der Waals surface area contributed by atoms with Crippen molar-refractivity contribution in [3.8, 4) is 0 Å². The van der Waals surface area contributed by atoms with Crippen LogP contribution in [0.3, 0.4) is 0 Å². The third-order valence-electron chi connectivity index (χ3n) is 4.17. The Morgan fingerprint density at radius 1 is 1.37 bits per heavy atom. The van der Waals surface area contributed by atoms with E-state index in [2.05, 4.69) is 5.10 Å². The van der Waals surface area contributed by atoms with E-state index < -0.39 is 11.5 Å². The number of nitrogens with zero attached hydrogens (tertiary/aromatic N) is 3. The highest BCUT2D eigenvalue weighted by atomic mass is 16.6. The molecule has 3 rings (SSSR count). The van der Waals surface area contributed by atoms with Crippen molar-refractivity contribution in [2.24, 2.45) is 16.4 Å². The number of carbonyl (C=O) groups excluding carboxylic acids is 1. The number of benzene rings is 1. The predicted octanol–water partition coefficient (Wildman–Crippen LogP) is 1.69. The van der Waals surface area contributed by atoms with Crippen LogP contribution in [0, 0.1) is 21.4 Å². The number of hydrogen-bond acceptors (Lipinski definition) is 4. The van der Waals surface area contributed by atoms with Crippen LogP contribution in [0.2, 0.25) is 0 Å². The van der Waals surface area contributed by atoms with Crippen LogP contribution in [0.15, 0.2) is 35.4 Å². The molecule has 2 aliphatic rings. The number of anilines is 1. The molecule has 1 aliphatic carbocycles. The van der Waals surface area contributed by atoms with Gasteiger partial charge in [-0.05, 0) is 19.1 Å². The van der Waals surface area contributed by atoms with Gasteiger partial charge in [0.25, 0.3) is 5.91 Å². The molecule has 6 heteroatoms. The number of hydrogen-bond donors (Lipinski definition) is 0. The molecule has 98 valence electrons. The fourth-order valence-electron chi connectivity index (χ4n) is 3.10. The highest BCUT2D eigenvalue weighted by molar-refractivity contribution is 6.21. The first-order valence-electron chi connectivity index (χ1n) is 6.10. The minimum absolute atomic E-state index is 0.287. The van der Waals surface area contributed by atoms with Gasteiger partial charge in [0.1, 0.15) is 0 Å². The van der Waals surface area contributed by atoms with E-state index in [0.29, 0.717) is 11.4 Å². The van der Waals surface area contributed by atoms with Gasteiger partial charge in [0.05, 0.1) is 17.3 Å². The third kappa shape index (κ3) is 1.31. The van der Waals surface area contributed by atoms with E-state index in [4.69, 9.17) is 0 Å². The predicted molar refractivity (Wildman–Crippen MR) is 69.4 cm³/mol. The lowest BCUT2D eigenvalue weighted by atomic mass is 9.98. The summed E-state index contributed by atoms with van der Waals surface area (Å²) >= 11 is 0. The van der Waals surface area contributed by atoms with Crippen LogP contribution in [0.1, 0.15) is 13.8 Å². The van der Waals surface area contributed by atoms with E-state index >= 15 is 0 Å². The molecular weight excluding hydrogens is 246 g/mol. The summed E-state index contributed by atoms with van der Waals surface area (Å²) in [5.41, 5.74) is 0.153. The van der Waals surface area contributed by atoms with Crippen LogP contribution in [0.5, 0.6) is 0 Å². The maximum absolute atomic E-state index is 12.5. The molecule has 0 N–H and O–H groups in total. The molecule has 1 heterocycles. The first-order chi connectivity index (χ1) is 9.01. The standard InChI is InChI=1S/C13H13N3O3/c1-8-11(16(18)19)13(8)9(2)14-15(12(13)17)10-6-4-3-5-7-10/h3-8,11H,1-2H3/t8-,11-,13+/m0/s1. The summed E-state index contributed by atoms with van der Waals surface area (Å²) in [6.45, 7) is 3.43. The Hall–Kier alpha value is -2.24. The second-order valence-electron chi connectivity index (χ2n) is 5.03. The molecule has 1 saturated carbocycles. The minimum Gasteiger partial charge on any atom is -0.271 e. The van der Waals surface area contributed by atoms with E-state index in [1.54, 1.807) is 38.1 Å². The van der Waals surface area contributed by atoms with Crippen LogP contribution in [0.25, 0.3) is 0 Å². The molecule has 6 nitrogen and oxygen atoms in total. The second kappa shape index (κ2) is 3.63. The van der Waals surface area contributed by atoms with E-state index in [1.165, 1.54) is 5.01 Å². The molecule has 0 saturated heterocycles. The zero-order valence-corrected chi connectivity index (χ0v) is 10.6. The molecule has 19 heavy (non-hydrogen) atoms. The fraction of sp³-hybridized carbons (Fsp3) is 0.385. The highest BCUT2D eigenvalue weighted by Gasteiger charge is 2.80. The summed E-state index contributed by atoms with van der Waals surface area (Å²) in [5.74, 6) is -0.585. The van der Waals surface area contributed by atoms with Gasteiger partial charge in [-0.3, -0.25) is 14.9 Å². The van der Waals surface area contributed by atoms with Gasteiger partial charge in [-0.25, -0.2) is 0 Å². The summed E-state index contributed by atoms with van der Waals surface area (Å²) in [7, 11) is 0. The zero-order chi connectivity index (χ0) is 13.8. The number of carbonyl (C=O) groups is 1. The van der Waals surface area contributed by atoms with Gasteiger partial charge in [0, 0.05) is 4.92 Å². The summed E-state index contributed by atoms with van der Waals surface area (Å²) in [6, 6.07) is 8.14. The molecule has 0 unspecified atom stereocenters. The van der Waals surface area contributed by atoms with E-state index in [1.807, 2.05) is 6.07 Å². The lowest BCUT2D eigenvalue weighted by Crippen LogP contribution is -2.33. The van der Waals surface area contributed by atoms with Gasteiger partial charge in [0.15, 0.2) is 5.41 Å². The molecule has 1 aromatic carbocycles. The topological polar surface area (TPSA) is 75.8 Å². The summed E-state index contributed by atoms with van der Waals surface area (Å²) in [4.78, 5) is 23.2. The average Bonchev–Trinajstić information content (AvgIpc) is 2.95. The number of hydrazone groups is 1. The number of amides is 1. The molecule has 1 fully saturated rings. The average molecular weight is 259 g/mol. The van der Waals surface area contributed by atoms with Crippen molar-refractivity contribution < 1.29 is 9.72 Å². The van der Waals surface area contributed by atoms with Crippen LogP contribution in [0.4, 0.5) is 5.69 Å². The van der Waals surface area contributed by atoms with Crippen molar-refractivity contribution in [2.45, 2.75) is 19.9 Å². The fourth-order valence-corrected chi connectivity index (χ4v) is 3.10. The van der Waals surface area contributed by atoms with Crippen molar-refractivity contribution in [1.29, 1.82) is 0 Å². The quantitative estimate of drug-likeness (QED) is 0.599. The molecule has 3 atom stereocenters. The van der Waals surface area contributed by atoms with Crippen LogP contribution in [-0.4, -0.2) is 22.6 Å². The first kappa shape index (κ1) is 11.8. The minimum atomic E-state index is -1.03. The Balaban J connectivity index is 2.00. The largest absolute Gasteiger partial charge is 0.271 e. The smallest absolute Gasteiger partial charge is 0.266 e. The Labute approximate surface area is 109 Å². The first-order valence-corrected chi connectivity index (χ1v) is 6.10. The molecule has 1 amide bonds. The van der Waals surface area contributed by atoms with Crippen molar-refractivity contribution >= 4 is 17.3 Å². The van der Waals surface area contributed by atoms with Gasteiger partial charge >= 0.3 is 0 Å². The summed E-state index contributed by atoms with van der Waals surface area (Å²) < 4.78 is 0. The van der Waals surface area contributed by atoms with Gasteiger partial charge in [0.2, 0.25) is 6.04 Å². The lowest BCUT2D eigenvalue weighted by Gasteiger charge is -2.13. The maximum atomic E-state index is 12.5.